The van der Waals surface area contributed by atoms with E-state index in [1.165, 1.54) is 18.3 Å². The van der Waals surface area contributed by atoms with Crippen LogP contribution in [-0.2, 0) is 6.42 Å². The molecular weight excluding hydrogens is 554 g/mol. The van der Waals surface area contributed by atoms with Crippen LogP contribution in [-0.4, -0.2) is 69.7 Å². The molecule has 3 heterocycles. The number of carbonyl (C=O) groups excluding carboxylic acids is 1. The highest BCUT2D eigenvalue weighted by atomic mass is 19.2. The largest absolute Gasteiger partial charge is 0.396 e. The second kappa shape index (κ2) is 15.5. The molecule has 1 fully saturated rings. The third-order valence-corrected chi connectivity index (χ3v) is 6.95. The van der Waals surface area contributed by atoms with Crippen LogP contribution in [0.15, 0.2) is 65.7 Å². The van der Waals surface area contributed by atoms with Gasteiger partial charge in [-0.2, -0.15) is 0 Å². The van der Waals surface area contributed by atoms with Gasteiger partial charge < -0.3 is 25.6 Å². The zero-order valence-electron chi connectivity index (χ0n) is 23.9. The Balaban J connectivity index is 0.000000324. The first-order valence-corrected chi connectivity index (χ1v) is 14.1. The molecule has 0 bridgehead atoms. The molecule has 0 spiro atoms. The monoisotopic (exact) mass is 588 g/mol. The average Bonchev–Trinajstić information content (AvgIpc) is 3.02. The number of piperidine rings is 1. The Labute approximate surface area is 248 Å². The standard InChI is InChI=1S/C24H26N6O2.C8H8F2O/c1-2-30-13-9-18(10-14-30)28-22-16-27-20-8-7-17(15-21(20)29-22)5-3-11-25-23(31)19-6-4-12-26-24(19)32;9-7-2-1-6(3-4-11)5-8(7)10/h4,6-8,12,15-16,18H,2,9-11,13-14H2,1H3,(H,25,31)(H,26,32)(H,28,29);1-2,5,11H,3-4H2. The van der Waals surface area contributed by atoms with Gasteiger partial charge in [-0.05, 0) is 73.8 Å². The molecule has 2 aromatic carbocycles. The molecule has 1 saturated heterocycles. The maximum Gasteiger partial charge on any atom is 0.260 e. The molecule has 0 radical (unpaired) electrons. The van der Waals surface area contributed by atoms with Crippen LogP contribution in [0.4, 0.5) is 14.6 Å². The topological polar surface area (TPSA) is 123 Å². The number of benzene rings is 2. The number of hydrogen-bond acceptors (Lipinski definition) is 7. The molecule has 0 atom stereocenters. The fourth-order valence-corrected chi connectivity index (χ4v) is 4.55. The van der Waals surface area contributed by atoms with Crippen LogP contribution in [0.1, 0.15) is 41.3 Å². The normalized spacial score (nSPS) is 13.4. The minimum absolute atomic E-state index is 0.0505. The van der Waals surface area contributed by atoms with Gasteiger partial charge in [0.1, 0.15) is 11.4 Å². The summed E-state index contributed by atoms with van der Waals surface area (Å²) in [5.74, 6) is 4.54. The van der Waals surface area contributed by atoms with Crippen molar-refractivity contribution in [2.75, 3.05) is 38.1 Å². The van der Waals surface area contributed by atoms with Crippen molar-refractivity contribution in [3.05, 3.63) is 99.6 Å². The molecule has 0 saturated carbocycles. The molecule has 4 aromatic rings. The summed E-state index contributed by atoms with van der Waals surface area (Å²) in [6, 6.07) is 12.7. The van der Waals surface area contributed by atoms with Crippen LogP contribution >= 0.6 is 0 Å². The fourth-order valence-electron chi connectivity index (χ4n) is 4.55. The van der Waals surface area contributed by atoms with Gasteiger partial charge in [0.05, 0.1) is 23.8 Å². The Kier molecular flexibility index (Phi) is 11.3. The van der Waals surface area contributed by atoms with Gasteiger partial charge in [0.25, 0.3) is 11.5 Å². The number of pyridine rings is 1. The Morgan fingerprint density at radius 1 is 1.12 bits per heavy atom. The lowest BCUT2D eigenvalue weighted by Gasteiger charge is -2.31. The van der Waals surface area contributed by atoms with Crippen molar-refractivity contribution in [2.45, 2.75) is 32.2 Å². The van der Waals surface area contributed by atoms with E-state index in [-0.39, 0.29) is 18.7 Å². The van der Waals surface area contributed by atoms with Gasteiger partial charge in [-0.3, -0.25) is 14.6 Å². The summed E-state index contributed by atoms with van der Waals surface area (Å²) < 4.78 is 24.7. The van der Waals surface area contributed by atoms with Gasteiger partial charge in [0, 0.05) is 37.5 Å². The van der Waals surface area contributed by atoms with Crippen LogP contribution in [0.3, 0.4) is 0 Å². The summed E-state index contributed by atoms with van der Waals surface area (Å²) in [5, 5.41) is 14.6. The number of nitrogens with one attached hydrogen (secondary N) is 3. The van der Waals surface area contributed by atoms with E-state index in [1.54, 1.807) is 12.3 Å². The first-order chi connectivity index (χ1) is 20.9. The quantitative estimate of drug-likeness (QED) is 0.244. The minimum Gasteiger partial charge on any atom is -0.396 e. The summed E-state index contributed by atoms with van der Waals surface area (Å²) >= 11 is 0. The van der Waals surface area contributed by atoms with E-state index in [0.717, 1.165) is 67.0 Å². The van der Waals surface area contributed by atoms with Gasteiger partial charge in [0.2, 0.25) is 0 Å². The van der Waals surface area contributed by atoms with E-state index >= 15 is 0 Å². The number of hydrogen-bond donors (Lipinski definition) is 4. The summed E-state index contributed by atoms with van der Waals surface area (Å²) in [5.41, 5.74) is 2.60. The van der Waals surface area contributed by atoms with Crippen LogP contribution in [0, 0.1) is 23.5 Å². The Bertz CT molecular complexity index is 1660. The maximum atomic E-state index is 12.4. The van der Waals surface area contributed by atoms with Crippen LogP contribution < -0.4 is 16.2 Å². The first-order valence-electron chi connectivity index (χ1n) is 14.1. The third kappa shape index (κ3) is 9.16. The number of halogens is 2. The molecule has 1 aliphatic heterocycles. The SMILES string of the molecule is CCN1CCC(Nc2cnc3ccc(C#CCNC(=O)c4ccc[nH]c4=O)cc3n2)CC1.OCCc1ccc(F)c(F)c1. The van der Waals surface area contributed by atoms with Gasteiger partial charge in [-0.1, -0.05) is 24.8 Å². The number of aromatic amines is 1. The van der Waals surface area contributed by atoms with Crippen molar-refractivity contribution in [1.82, 2.24) is 25.2 Å². The number of fused-ring (bicyclic) bond motifs is 1. The van der Waals surface area contributed by atoms with E-state index < -0.39 is 23.1 Å². The highest BCUT2D eigenvalue weighted by Crippen LogP contribution is 2.18. The lowest BCUT2D eigenvalue weighted by molar-refractivity contribution is 0.0957. The minimum atomic E-state index is -0.865. The van der Waals surface area contributed by atoms with Gasteiger partial charge in [-0.25, -0.2) is 13.8 Å². The number of likely N-dealkylation sites (tertiary alicyclic amines) is 1. The number of anilines is 1. The number of aliphatic hydroxyl groups excluding tert-OH is 1. The smallest absolute Gasteiger partial charge is 0.260 e. The number of rotatable bonds is 7. The maximum absolute atomic E-state index is 12.4. The molecule has 5 rings (SSSR count). The van der Waals surface area contributed by atoms with Gasteiger partial charge >= 0.3 is 0 Å². The fraction of sp³-hybridized carbons (Fsp3) is 0.312. The van der Waals surface area contributed by atoms with E-state index in [0.29, 0.717) is 18.0 Å². The predicted octanol–water partition coefficient (Wildman–Crippen LogP) is 3.50. The summed E-state index contributed by atoms with van der Waals surface area (Å²) in [6.07, 6.45) is 5.81. The second-order valence-electron chi connectivity index (χ2n) is 9.93. The van der Waals surface area contributed by atoms with Crippen molar-refractivity contribution in [2.24, 2.45) is 0 Å². The van der Waals surface area contributed by atoms with Crippen LogP contribution in [0.5, 0.6) is 0 Å². The van der Waals surface area contributed by atoms with E-state index in [9.17, 15) is 18.4 Å². The number of amides is 1. The van der Waals surface area contributed by atoms with Gasteiger partial charge in [-0.15, -0.1) is 0 Å². The zero-order valence-corrected chi connectivity index (χ0v) is 23.9. The van der Waals surface area contributed by atoms with E-state index in [4.69, 9.17) is 10.1 Å². The molecule has 0 unspecified atom stereocenters. The molecule has 0 aliphatic carbocycles. The van der Waals surface area contributed by atoms with Crippen molar-refractivity contribution in [1.29, 1.82) is 0 Å². The van der Waals surface area contributed by atoms with Crippen molar-refractivity contribution in [3.8, 4) is 11.8 Å². The number of aromatic nitrogens is 3. The molecule has 1 aliphatic rings. The van der Waals surface area contributed by atoms with Crippen LogP contribution in [0.2, 0.25) is 0 Å². The molecule has 4 N–H and O–H groups in total. The first kappa shape index (κ1) is 31.3. The molecule has 11 heteroatoms. The van der Waals surface area contributed by atoms with E-state index in [2.05, 4.69) is 44.3 Å². The Morgan fingerprint density at radius 3 is 2.65 bits per heavy atom. The van der Waals surface area contributed by atoms with Crippen molar-refractivity contribution in [3.63, 3.8) is 0 Å². The second-order valence-corrected chi connectivity index (χ2v) is 9.93. The molecule has 9 nitrogen and oxygen atoms in total. The lowest BCUT2D eigenvalue weighted by Crippen LogP contribution is -2.39. The van der Waals surface area contributed by atoms with E-state index in [1.807, 2.05) is 18.2 Å². The highest BCUT2D eigenvalue weighted by Gasteiger charge is 2.18. The molecule has 1 amide bonds. The number of H-pyrrole nitrogens is 1. The molecular formula is C32H34F2N6O3. The predicted molar refractivity (Wildman–Crippen MR) is 162 cm³/mol. The molecule has 224 valence electrons. The molecule has 2 aromatic heterocycles. The van der Waals surface area contributed by atoms with Crippen LogP contribution in [0.25, 0.3) is 11.0 Å². The summed E-state index contributed by atoms with van der Waals surface area (Å²) in [6.45, 7) is 5.58. The Morgan fingerprint density at radius 2 is 1.93 bits per heavy atom. The van der Waals surface area contributed by atoms with Gasteiger partial charge in [0.15, 0.2) is 11.6 Å². The third-order valence-electron chi connectivity index (χ3n) is 6.95. The Hall–Kier alpha value is -4.66. The number of aliphatic hydroxyl groups is 1. The number of carbonyl (C=O) groups is 1. The summed E-state index contributed by atoms with van der Waals surface area (Å²) in [7, 11) is 0. The highest BCUT2D eigenvalue weighted by molar-refractivity contribution is 5.93. The molecule has 43 heavy (non-hydrogen) atoms. The number of nitrogens with zero attached hydrogens (tertiary/aromatic N) is 3. The van der Waals surface area contributed by atoms with Crippen molar-refractivity contribution < 1.29 is 18.7 Å². The average molecular weight is 589 g/mol. The van der Waals surface area contributed by atoms with Crippen molar-refractivity contribution >= 4 is 22.8 Å². The summed E-state index contributed by atoms with van der Waals surface area (Å²) in [4.78, 5) is 37.9. The lowest BCUT2D eigenvalue weighted by atomic mass is 10.1. The zero-order chi connectivity index (χ0) is 30.6.